The predicted octanol–water partition coefficient (Wildman–Crippen LogP) is 2.36. The summed E-state index contributed by atoms with van der Waals surface area (Å²) in [7, 11) is 0. The van der Waals surface area contributed by atoms with E-state index in [4.69, 9.17) is 5.26 Å². The zero-order valence-electron chi connectivity index (χ0n) is 11.7. The summed E-state index contributed by atoms with van der Waals surface area (Å²) in [5, 5.41) is 33.2. The lowest BCUT2D eigenvalue weighted by Gasteiger charge is -2.26. The van der Waals surface area contributed by atoms with Crippen LogP contribution in [-0.2, 0) is 0 Å². The number of anilines is 1. The van der Waals surface area contributed by atoms with Crippen LogP contribution in [0.5, 0.6) is 0 Å². The van der Waals surface area contributed by atoms with Crippen LogP contribution in [0.4, 0.5) is 11.5 Å². The molecule has 0 amide bonds. The van der Waals surface area contributed by atoms with Gasteiger partial charge in [-0.2, -0.15) is 5.26 Å². The largest absolute Gasteiger partial charge is 0.388 e. The van der Waals surface area contributed by atoms with Crippen LogP contribution in [0.3, 0.4) is 0 Å². The van der Waals surface area contributed by atoms with Gasteiger partial charge in [0.05, 0.1) is 16.1 Å². The minimum absolute atomic E-state index is 0.0941. The second-order valence-corrected chi connectivity index (χ2v) is 5.45. The minimum Gasteiger partial charge on any atom is -0.388 e. The monoisotopic (exact) mass is 290 g/mol. The quantitative estimate of drug-likeness (QED) is 0.500. The van der Waals surface area contributed by atoms with Crippen LogP contribution in [-0.4, -0.2) is 27.2 Å². The van der Waals surface area contributed by atoms with Crippen molar-refractivity contribution in [3.8, 4) is 6.07 Å². The van der Waals surface area contributed by atoms with Gasteiger partial charge in [0.1, 0.15) is 6.07 Å². The van der Waals surface area contributed by atoms with Crippen LogP contribution in [0.1, 0.15) is 44.1 Å². The molecule has 1 aliphatic rings. The number of aliphatic hydroxyl groups is 1. The first kappa shape index (κ1) is 15.2. The van der Waals surface area contributed by atoms with Gasteiger partial charge in [0, 0.05) is 18.8 Å². The van der Waals surface area contributed by atoms with E-state index in [-0.39, 0.29) is 23.6 Å². The maximum Gasteiger partial charge on any atom is 0.312 e. The lowest BCUT2D eigenvalue weighted by atomic mass is 9.94. The molecule has 0 saturated heterocycles. The predicted molar refractivity (Wildman–Crippen MR) is 76.7 cm³/mol. The molecule has 0 unspecified atom stereocenters. The summed E-state index contributed by atoms with van der Waals surface area (Å²) in [4.78, 5) is 14.4. The molecule has 1 saturated carbocycles. The Morgan fingerprint density at radius 2 is 2.10 bits per heavy atom. The standard InChI is InChI=1S/C14H18N4O3/c15-8-11-7-12(18(20)21)13(16-9-11)17-10-14(19)5-3-1-2-4-6-14/h7,9,19H,1-6,10H2,(H,16,17). The molecule has 0 atom stereocenters. The summed E-state index contributed by atoms with van der Waals surface area (Å²) in [6.45, 7) is 0.229. The SMILES string of the molecule is N#Cc1cnc(NCC2(O)CCCCCC2)c([N+](=O)[O-])c1. The fourth-order valence-electron chi connectivity index (χ4n) is 2.60. The summed E-state index contributed by atoms with van der Waals surface area (Å²) in [6, 6.07) is 3.01. The summed E-state index contributed by atoms with van der Waals surface area (Å²) >= 11 is 0. The third-order valence-corrected chi connectivity index (χ3v) is 3.81. The Kier molecular flexibility index (Phi) is 4.70. The van der Waals surface area contributed by atoms with Gasteiger partial charge in [-0.1, -0.05) is 25.7 Å². The number of aromatic nitrogens is 1. The molecule has 112 valence electrons. The maximum absolute atomic E-state index is 11.0. The Morgan fingerprint density at radius 1 is 1.43 bits per heavy atom. The zero-order chi connectivity index (χ0) is 15.3. The Bertz CT molecular complexity index is 560. The highest BCUT2D eigenvalue weighted by Crippen LogP contribution is 2.29. The van der Waals surface area contributed by atoms with E-state index >= 15 is 0 Å². The van der Waals surface area contributed by atoms with Crippen molar-refractivity contribution in [1.82, 2.24) is 4.98 Å². The normalized spacial score (nSPS) is 17.5. The zero-order valence-corrected chi connectivity index (χ0v) is 11.7. The Morgan fingerprint density at radius 3 is 2.67 bits per heavy atom. The Balaban J connectivity index is 2.12. The molecule has 7 nitrogen and oxygen atoms in total. The summed E-state index contributed by atoms with van der Waals surface area (Å²) < 4.78 is 0. The third kappa shape index (κ3) is 3.89. The number of pyridine rings is 1. The van der Waals surface area contributed by atoms with Gasteiger partial charge < -0.3 is 10.4 Å². The van der Waals surface area contributed by atoms with Crippen LogP contribution < -0.4 is 5.32 Å². The van der Waals surface area contributed by atoms with Crippen molar-refractivity contribution in [2.75, 3.05) is 11.9 Å². The van der Waals surface area contributed by atoms with Gasteiger partial charge >= 0.3 is 5.69 Å². The van der Waals surface area contributed by atoms with Gasteiger partial charge in [0.15, 0.2) is 0 Å². The molecule has 0 aliphatic heterocycles. The number of nitriles is 1. The van der Waals surface area contributed by atoms with E-state index in [9.17, 15) is 15.2 Å². The summed E-state index contributed by atoms with van der Waals surface area (Å²) in [5.74, 6) is 0.0941. The second kappa shape index (κ2) is 6.50. The first-order chi connectivity index (χ1) is 10.0. The Hall–Kier alpha value is -2.20. The van der Waals surface area contributed by atoms with Crippen molar-refractivity contribution < 1.29 is 10.0 Å². The second-order valence-electron chi connectivity index (χ2n) is 5.45. The van der Waals surface area contributed by atoms with E-state index in [0.29, 0.717) is 12.8 Å². The molecule has 2 rings (SSSR count). The first-order valence-corrected chi connectivity index (χ1v) is 7.05. The molecule has 1 fully saturated rings. The number of nitro groups is 1. The molecule has 21 heavy (non-hydrogen) atoms. The number of nitrogens with zero attached hydrogens (tertiary/aromatic N) is 3. The molecule has 1 aromatic heterocycles. The van der Waals surface area contributed by atoms with Crippen molar-refractivity contribution in [3.05, 3.63) is 27.9 Å². The molecule has 1 aromatic rings. The van der Waals surface area contributed by atoms with Gasteiger partial charge in [0.2, 0.25) is 5.82 Å². The molecule has 2 N–H and O–H groups in total. The Labute approximate surface area is 122 Å². The molecular formula is C14H18N4O3. The van der Waals surface area contributed by atoms with Crippen molar-refractivity contribution >= 4 is 11.5 Å². The topological polar surface area (TPSA) is 112 Å². The fraction of sp³-hybridized carbons (Fsp3) is 0.571. The van der Waals surface area contributed by atoms with Gasteiger partial charge in [-0.05, 0) is 12.8 Å². The van der Waals surface area contributed by atoms with E-state index in [1.807, 2.05) is 6.07 Å². The van der Waals surface area contributed by atoms with E-state index in [2.05, 4.69) is 10.3 Å². The average Bonchev–Trinajstić information content (AvgIpc) is 2.70. The average molecular weight is 290 g/mol. The highest BCUT2D eigenvalue weighted by molar-refractivity contribution is 5.58. The lowest BCUT2D eigenvalue weighted by Crippen LogP contribution is -2.36. The molecule has 1 aliphatic carbocycles. The van der Waals surface area contributed by atoms with Crippen LogP contribution in [0.2, 0.25) is 0 Å². The van der Waals surface area contributed by atoms with Crippen LogP contribution >= 0.6 is 0 Å². The molecule has 1 heterocycles. The molecule has 7 heteroatoms. The van der Waals surface area contributed by atoms with Crippen LogP contribution in [0.15, 0.2) is 12.3 Å². The number of nitrogens with one attached hydrogen (secondary N) is 1. The van der Waals surface area contributed by atoms with Gasteiger partial charge in [-0.25, -0.2) is 4.98 Å². The number of rotatable bonds is 4. The van der Waals surface area contributed by atoms with E-state index in [1.165, 1.54) is 12.3 Å². The number of hydrogen-bond acceptors (Lipinski definition) is 6. The molecule has 0 spiro atoms. The van der Waals surface area contributed by atoms with Crippen molar-refractivity contribution in [2.24, 2.45) is 0 Å². The molecular weight excluding hydrogens is 272 g/mol. The maximum atomic E-state index is 11.0. The molecule has 0 bridgehead atoms. The van der Waals surface area contributed by atoms with Gasteiger partial charge in [0.25, 0.3) is 0 Å². The summed E-state index contributed by atoms with van der Waals surface area (Å²) in [6.07, 6.45) is 6.79. The van der Waals surface area contributed by atoms with Crippen LogP contribution in [0.25, 0.3) is 0 Å². The fourth-order valence-corrected chi connectivity index (χ4v) is 2.60. The number of hydrogen-bond donors (Lipinski definition) is 2. The highest BCUT2D eigenvalue weighted by Gasteiger charge is 2.29. The molecule has 0 aromatic carbocycles. The molecule has 0 radical (unpaired) electrons. The smallest absolute Gasteiger partial charge is 0.312 e. The first-order valence-electron chi connectivity index (χ1n) is 7.05. The van der Waals surface area contributed by atoms with Crippen molar-refractivity contribution in [1.29, 1.82) is 5.26 Å². The van der Waals surface area contributed by atoms with Crippen molar-refractivity contribution in [3.63, 3.8) is 0 Å². The van der Waals surface area contributed by atoms with Gasteiger partial charge in [-0.15, -0.1) is 0 Å². The minimum atomic E-state index is -0.847. The lowest BCUT2D eigenvalue weighted by molar-refractivity contribution is -0.384. The van der Waals surface area contributed by atoms with Gasteiger partial charge in [-0.3, -0.25) is 10.1 Å². The van der Waals surface area contributed by atoms with E-state index in [1.54, 1.807) is 0 Å². The third-order valence-electron chi connectivity index (χ3n) is 3.81. The highest BCUT2D eigenvalue weighted by atomic mass is 16.6. The van der Waals surface area contributed by atoms with Crippen molar-refractivity contribution in [2.45, 2.75) is 44.1 Å². The summed E-state index contributed by atoms with van der Waals surface area (Å²) in [5.41, 5.74) is -0.952. The van der Waals surface area contributed by atoms with E-state index in [0.717, 1.165) is 25.7 Å². The van der Waals surface area contributed by atoms with E-state index < -0.39 is 10.5 Å². The van der Waals surface area contributed by atoms with Crippen LogP contribution in [0, 0.1) is 21.4 Å².